The molecule has 244 valence electrons. The third kappa shape index (κ3) is 11.4. The van der Waals surface area contributed by atoms with Crippen molar-refractivity contribution in [1.82, 2.24) is 31.2 Å². The molecule has 1 aromatic rings. The fourth-order valence-electron chi connectivity index (χ4n) is 5.43. The molecular formula is C32H50N6O6. The second-order valence-electron chi connectivity index (χ2n) is 12.3. The maximum Gasteiger partial charge on any atom is 0.272 e. The zero-order valence-corrected chi connectivity index (χ0v) is 27.0. The second kappa shape index (κ2) is 18.2. The number of amides is 4. The van der Waals surface area contributed by atoms with Crippen LogP contribution in [-0.4, -0.2) is 69.3 Å². The summed E-state index contributed by atoms with van der Waals surface area (Å²) in [5.74, 6) is -3.51. The SMILES string of the molecule is CCC(NC(=O)C(CC1CCCCC1)NC(=O)C(NC(=O)C(CC(C)C)NC(=O)c1cnccn1)C(C)CC)C(=O)C(C)=O. The van der Waals surface area contributed by atoms with Crippen molar-refractivity contribution >= 4 is 35.2 Å². The topological polar surface area (TPSA) is 176 Å². The van der Waals surface area contributed by atoms with Gasteiger partial charge >= 0.3 is 0 Å². The first-order valence-electron chi connectivity index (χ1n) is 15.9. The van der Waals surface area contributed by atoms with Gasteiger partial charge in [0, 0.05) is 19.3 Å². The zero-order valence-electron chi connectivity index (χ0n) is 27.0. The van der Waals surface area contributed by atoms with E-state index >= 15 is 0 Å². The Labute approximate surface area is 260 Å². The Kier molecular flexibility index (Phi) is 15.1. The molecule has 44 heavy (non-hydrogen) atoms. The maximum atomic E-state index is 13.8. The summed E-state index contributed by atoms with van der Waals surface area (Å²) in [5.41, 5.74) is 0.0653. The molecule has 0 aromatic carbocycles. The Balaban J connectivity index is 2.26. The smallest absolute Gasteiger partial charge is 0.272 e. The van der Waals surface area contributed by atoms with Crippen molar-refractivity contribution in [2.75, 3.05) is 0 Å². The quantitative estimate of drug-likeness (QED) is 0.194. The lowest BCUT2D eigenvalue weighted by atomic mass is 9.84. The van der Waals surface area contributed by atoms with Gasteiger partial charge in [-0.3, -0.25) is 33.8 Å². The Morgan fingerprint density at radius 3 is 1.98 bits per heavy atom. The Morgan fingerprint density at radius 1 is 0.795 bits per heavy atom. The summed E-state index contributed by atoms with van der Waals surface area (Å²) in [4.78, 5) is 85.6. The molecule has 4 amide bonds. The van der Waals surface area contributed by atoms with Crippen LogP contribution in [0.1, 0.15) is 110 Å². The summed E-state index contributed by atoms with van der Waals surface area (Å²) in [5, 5.41) is 11.1. The molecular weight excluding hydrogens is 564 g/mol. The monoisotopic (exact) mass is 614 g/mol. The molecule has 1 aliphatic rings. The fourth-order valence-corrected chi connectivity index (χ4v) is 5.43. The van der Waals surface area contributed by atoms with E-state index in [2.05, 4.69) is 31.2 Å². The predicted molar refractivity (Wildman–Crippen MR) is 165 cm³/mol. The fraction of sp³-hybridized carbons (Fsp3) is 0.688. The van der Waals surface area contributed by atoms with Gasteiger partial charge in [-0.15, -0.1) is 0 Å². The average molecular weight is 615 g/mol. The molecule has 0 saturated heterocycles. The van der Waals surface area contributed by atoms with Crippen LogP contribution in [-0.2, 0) is 24.0 Å². The van der Waals surface area contributed by atoms with Crippen molar-refractivity contribution in [1.29, 1.82) is 0 Å². The van der Waals surface area contributed by atoms with E-state index in [1.165, 1.54) is 25.5 Å². The number of nitrogens with one attached hydrogen (secondary N) is 4. The van der Waals surface area contributed by atoms with Crippen molar-refractivity contribution in [3.63, 3.8) is 0 Å². The predicted octanol–water partition coefficient (Wildman–Crippen LogP) is 2.66. The summed E-state index contributed by atoms with van der Waals surface area (Å²) in [7, 11) is 0. The molecule has 5 atom stereocenters. The summed E-state index contributed by atoms with van der Waals surface area (Å²) in [6.45, 7) is 10.4. The lowest BCUT2D eigenvalue weighted by Crippen LogP contribution is -2.59. The van der Waals surface area contributed by atoms with Gasteiger partial charge in [0.15, 0.2) is 5.78 Å². The Hall–Kier alpha value is -3.70. The highest BCUT2D eigenvalue weighted by Crippen LogP contribution is 2.27. The van der Waals surface area contributed by atoms with E-state index in [4.69, 9.17) is 0 Å². The van der Waals surface area contributed by atoms with Crippen molar-refractivity contribution < 1.29 is 28.8 Å². The van der Waals surface area contributed by atoms with E-state index in [9.17, 15) is 28.8 Å². The second-order valence-corrected chi connectivity index (χ2v) is 12.3. The number of rotatable bonds is 17. The van der Waals surface area contributed by atoms with E-state index in [1.807, 2.05) is 27.7 Å². The number of ketones is 2. The van der Waals surface area contributed by atoms with E-state index in [1.54, 1.807) is 6.92 Å². The molecule has 4 N–H and O–H groups in total. The van der Waals surface area contributed by atoms with Gasteiger partial charge < -0.3 is 21.3 Å². The molecule has 0 bridgehead atoms. The average Bonchev–Trinajstić information content (AvgIpc) is 3.01. The minimum atomic E-state index is -0.988. The molecule has 1 aliphatic carbocycles. The van der Waals surface area contributed by atoms with Gasteiger partial charge in [-0.2, -0.15) is 0 Å². The van der Waals surface area contributed by atoms with Crippen LogP contribution in [0.2, 0.25) is 0 Å². The molecule has 12 nitrogen and oxygen atoms in total. The molecule has 2 rings (SSSR count). The first-order valence-corrected chi connectivity index (χ1v) is 15.9. The number of hydrogen-bond donors (Lipinski definition) is 4. The van der Waals surface area contributed by atoms with E-state index in [0.717, 1.165) is 32.1 Å². The van der Waals surface area contributed by atoms with Crippen LogP contribution < -0.4 is 21.3 Å². The van der Waals surface area contributed by atoms with Crippen LogP contribution in [0, 0.1) is 17.8 Å². The van der Waals surface area contributed by atoms with Gasteiger partial charge in [-0.1, -0.05) is 73.1 Å². The molecule has 1 aromatic heterocycles. The summed E-state index contributed by atoms with van der Waals surface area (Å²) >= 11 is 0. The van der Waals surface area contributed by atoms with Crippen molar-refractivity contribution in [2.24, 2.45) is 17.8 Å². The van der Waals surface area contributed by atoms with E-state index in [0.29, 0.717) is 19.3 Å². The van der Waals surface area contributed by atoms with Crippen molar-refractivity contribution in [3.8, 4) is 0 Å². The third-order valence-corrected chi connectivity index (χ3v) is 8.23. The zero-order chi connectivity index (χ0) is 32.8. The Morgan fingerprint density at radius 2 is 1.43 bits per heavy atom. The van der Waals surface area contributed by atoms with Crippen LogP contribution in [0.3, 0.4) is 0 Å². The van der Waals surface area contributed by atoms with Crippen LogP contribution in [0.25, 0.3) is 0 Å². The number of Topliss-reactive ketones (excluding diaryl/α,β-unsaturated/α-hetero) is 2. The number of carbonyl (C=O) groups excluding carboxylic acids is 6. The summed E-state index contributed by atoms with van der Waals surface area (Å²) in [6.07, 6.45) is 10.7. The third-order valence-electron chi connectivity index (χ3n) is 8.23. The van der Waals surface area contributed by atoms with E-state index < -0.39 is 59.4 Å². The van der Waals surface area contributed by atoms with E-state index in [-0.39, 0.29) is 29.9 Å². The number of hydrogen-bond acceptors (Lipinski definition) is 8. The highest BCUT2D eigenvalue weighted by atomic mass is 16.2. The van der Waals surface area contributed by atoms with Gasteiger partial charge in [0.2, 0.25) is 23.5 Å². The van der Waals surface area contributed by atoms with Crippen LogP contribution in [0.4, 0.5) is 0 Å². The summed E-state index contributed by atoms with van der Waals surface area (Å²) < 4.78 is 0. The molecule has 0 spiro atoms. The lowest BCUT2D eigenvalue weighted by molar-refractivity contribution is -0.138. The van der Waals surface area contributed by atoms with Gasteiger partial charge in [-0.25, -0.2) is 4.98 Å². The van der Waals surface area contributed by atoms with Gasteiger partial charge in [0.05, 0.1) is 12.2 Å². The lowest BCUT2D eigenvalue weighted by Gasteiger charge is -2.31. The van der Waals surface area contributed by atoms with Crippen LogP contribution >= 0.6 is 0 Å². The minimum absolute atomic E-state index is 0.0524. The Bertz CT molecular complexity index is 1140. The number of nitrogens with zero attached hydrogens (tertiary/aromatic N) is 2. The molecule has 1 saturated carbocycles. The molecule has 12 heteroatoms. The largest absolute Gasteiger partial charge is 0.344 e. The molecule has 1 heterocycles. The highest BCUT2D eigenvalue weighted by molar-refractivity contribution is 6.38. The van der Waals surface area contributed by atoms with Gasteiger partial charge in [0.1, 0.15) is 23.8 Å². The van der Waals surface area contributed by atoms with Crippen molar-refractivity contribution in [3.05, 3.63) is 24.3 Å². The minimum Gasteiger partial charge on any atom is -0.344 e. The van der Waals surface area contributed by atoms with Gasteiger partial charge in [-0.05, 0) is 37.0 Å². The maximum absolute atomic E-state index is 13.8. The van der Waals surface area contributed by atoms with Crippen LogP contribution in [0.5, 0.6) is 0 Å². The number of aromatic nitrogens is 2. The first kappa shape index (κ1) is 36.5. The number of carbonyl (C=O) groups is 6. The standard InChI is InChI=1S/C32H50N6O6/c1-7-20(5)27(38-30(42)24(16-19(3)4)36-31(43)26-18-33-14-15-34-26)32(44)37-25(17-22-12-10-9-11-13-22)29(41)35-23(8-2)28(40)21(6)39/h14-15,18-20,22-25,27H,7-13,16-17H2,1-6H3,(H,35,41)(H,36,43)(H,37,44)(H,38,42). The normalized spacial score (nSPS) is 17.0. The van der Waals surface area contributed by atoms with Gasteiger partial charge in [0.25, 0.3) is 5.91 Å². The molecule has 0 radical (unpaired) electrons. The molecule has 0 aliphatic heterocycles. The molecule has 5 unspecified atom stereocenters. The highest BCUT2D eigenvalue weighted by Gasteiger charge is 2.35. The molecule has 1 fully saturated rings. The first-order chi connectivity index (χ1) is 20.9. The van der Waals surface area contributed by atoms with Crippen LogP contribution in [0.15, 0.2) is 18.6 Å². The summed E-state index contributed by atoms with van der Waals surface area (Å²) in [6, 6.07) is -3.86. The van der Waals surface area contributed by atoms with Crippen molar-refractivity contribution in [2.45, 2.75) is 123 Å².